The molecule has 2 aromatic rings. The van der Waals surface area contributed by atoms with Crippen LogP contribution in [0.4, 0.5) is 0 Å². The first-order chi connectivity index (χ1) is 12.1. The fourth-order valence-corrected chi connectivity index (χ4v) is 5.20. The number of nitrogens with one attached hydrogen (secondary N) is 1. The zero-order valence-corrected chi connectivity index (χ0v) is 16.2. The molecule has 0 bridgehead atoms. The molecule has 1 aliphatic rings. The first-order valence-corrected chi connectivity index (χ1v) is 11.2. The number of aromatic nitrogens is 2. The fraction of sp³-hybridized carbons (Fsp3) is 0.500. The van der Waals surface area contributed by atoms with Crippen molar-refractivity contribution in [1.82, 2.24) is 14.3 Å². The highest BCUT2D eigenvalue weighted by Gasteiger charge is 2.18. The molecule has 1 fully saturated rings. The van der Waals surface area contributed by atoms with E-state index in [-0.39, 0.29) is 0 Å². The Morgan fingerprint density at radius 1 is 1.20 bits per heavy atom. The second-order valence-electron chi connectivity index (χ2n) is 6.47. The van der Waals surface area contributed by atoms with Crippen molar-refractivity contribution in [3.05, 3.63) is 42.2 Å². The molecule has 1 saturated carbocycles. The molecule has 0 aliphatic heterocycles. The molecule has 0 atom stereocenters. The van der Waals surface area contributed by atoms with E-state index in [1.54, 1.807) is 18.3 Å². The van der Waals surface area contributed by atoms with Gasteiger partial charge in [0.2, 0.25) is 10.0 Å². The molecule has 1 aromatic carbocycles. The summed E-state index contributed by atoms with van der Waals surface area (Å²) in [5.41, 5.74) is 1.27. The van der Waals surface area contributed by atoms with E-state index in [9.17, 15) is 8.42 Å². The molecule has 0 radical (unpaired) electrons. The van der Waals surface area contributed by atoms with E-state index in [0.29, 0.717) is 23.1 Å². The minimum Gasteiger partial charge on any atom is -0.329 e. The molecular weight excluding hydrogens is 354 g/mol. The van der Waals surface area contributed by atoms with Crippen molar-refractivity contribution in [2.45, 2.75) is 48.1 Å². The van der Waals surface area contributed by atoms with Crippen molar-refractivity contribution < 1.29 is 8.42 Å². The van der Waals surface area contributed by atoms with Crippen LogP contribution in [0.1, 0.15) is 43.6 Å². The van der Waals surface area contributed by atoms with Gasteiger partial charge in [0.05, 0.1) is 4.90 Å². The SMILES string of the molecule is Cn1ccnc1SCCNS(=O)(=O)c1ccc(C2CCCCC2)cc1. The standard InChI is InChI=1S/C18H25N3O2S2/c1-21-13-11-19-18(21)24-14-12-20-25(22,23)17-9-7-16(8-10-17)15-5-3-2-4-6-15/h7-11,13,15,20H,2-6,12,14H2,1H3. The minimum atomic E-state index is -3.45. The van der Waals surface area contributed by atoms with Crippen molar-refractivity contribution in [3.8, 4) is 0 Å². The number of hydrogen-bond donors (Lipinski definition) is 1. The van der Waals surface area contributed by atoms with Crippen LogP contribution in [0.15, 0.2) is 46.7 Å². The lowest BCUT2D eigenvalue weighted by Gasteiger charge is -2.22. The smallest absolute Gasteiger partial charge is 0.240 e. The van der Waals surface area contributed by atoms with Gasteiger partial charge in [-0.25, -0.2) is 18.1 Å². The summed E-state index contributed by atoms with van der Waals surface area (Å²) >= 11 is 1.54. The van der Waals surface area contributed by atoms with E-state index in [4.69, 9.17) is 0 Å². The zero-order chi connectivity index (χ0) is 17.7. The Hall–Kier alpha value is -1.31. The molecule has 1 heterocycles. The van der Waals surface area contributed by atoms with Crippen LogP contribution >= 0.6 is 11.8 Å². The predicted molar refractivity (Wildman–Crippen MR) is 101 cm³/mol. The number of aryl methyl sites for hydroxylation is 1. The Labute approximate surface area is 154 Å². The normalized spacial score (nSPS) is 16.2. The number of hydrogen-bond acceptors (Lipinski definition) is 4. The third-order valence-corrected chi connectivity index (χ3v) is 7.21. The summed E-state index contributed by atoms with van der Waals surface area (Å²) in [5.74, 6) is 1.23. The number of rotatable bonds is 7. The summed E-state index contributed by atoms with van der Waals surface area (Å²) < 4.78 is 29.4. The fourth-order valence-electron chi connectivity index (χ4n) is 3.25. The van der Waals surface area contributed by atoms with Gasteiger partial charge in [0.1, 0.15) is 0 Å². The maximum absolute atomic E-state index is 12.4. The monoisotopic (exact) mass is 379 g/mol. The molecule has 1 N–H and O–H groups in total. The van der Waals surface area contributed by atoms with Crippen LogP contribution in [-0.4, -0.2) is 30.3 Å². The van der Waals surface area contributed by atoms with Crippen LogP contribution in [0.25, 0.3) is 0 Å². The zero-order valence-electron chi connectivity index (χ0n) is 14.5. The van der Waals surface area contributed by atoms with E-state index in [0.717, 1.165) is 5.16 Å². The van der Waals surface area contributed by atoms with Gasteiger partial charge in [0.15, 0.2) is 5.16 Å². The molecule has 5 nitrogen and oxygen atoms in total. The molecule has 1 aliphatic carbocycles. The van der Waals surface area contributed by atoms with Crippen LogP contribution < -0.4 is 4.72 Å². The van der Waals surface area contributed by atoms with E-state index in [1.807, 2.05) is 29.9 Å². The van der Waals surface area contributed by atoms with Crippen molar-refractivity contribution >= 4 is 21.8 Å². The average Bonchev–Trinajstić information content (AvgIpc) is 3.05. The summed E-state index contributed by atoms with van der Waals surface area (Å²) in [6.45, 7) is 0.379. The van der Waals surface area contributed by atoms with Gasteiger partial charge in [0.25, 0.3) is 0 Å². The summed E-state index contributed by atoms with van der Waals surface area (Å²) in [5, 5.41) is 0.885. The first kappa shape index (κ1) is 18.5. The van der Waals surface area contributed by atoms with Crippen molar-refractivity contribution in [1.29, 1.82) is 0 Å². The Bertz CT molecular complexity index is 779. The van der Waals surface area contributed by atoms with Gasteiger partial charge >= 0.3 is 0 Å². The highest BCUT2D eigenvalue weighted by molar-refractivity contribution is 7.99. The first-order valence-electron chi connectivity index (χ1n) is 8.76. The maximum atomic E-state index is 12.4. The van der Waals surface area contributed by atoms with Gasteiger partial charge in [-0.05, 0) is 36.5 Å². The highest BCUT2D eigenvalue weighted by atomic mass is 32.2. The molecule has 1 aromatic heterocycles. The lowest BCUT2D eigenvalue weighted by Crippen LogP contribution is -2.26. The van der Waals surface area contributed by atoms with Gasteiger partial charge in [-0.1, -0.05) is 43.2 Å². The van der Waals surface area contributed by atoms with E-state index < -0.39 is 10.0 Å². The molecule has 3 rings (SSSR count). The number of nitrogens with zero attached hydrogens (tertiary/aromatic N) is 2. The van der Waals surface area contributed by atoms with Gasteiger partial charge in [0, 0.05) is 31.7 Å². The third-order valence-electron chi connectivity index (χ3n) is 4.67. The lowest BCUT2D eigenvalue weighted by molar-refractivity contribution is 0.443. The van der Waals surface area contributed by atoms with Gasteiger partial charge in [-0.2, -0.15) is 0 Å². The predicted octanol–water partition coefficient (Wildman–Crippen LogP) is 3.54. The average molecular weight is 380 g/mol. The molecule has 7 heteroatoms. The molecule has 136 valence electrons. The molecule has 0 unspecified atom stereocenters. The Morgan fingerprint density at radius 2 is 1.92 bits per heavy atom. The third kappa shape index (κ3) is 4.86. The molecule has 0 saturated heterocycles. The van der Waals surface area contributed by atoms with Crippen molar-refractivity contribution in [3.63, 3.8) is 0 Å². The summed E-state index contributed by atoms with van der Waals surface area (Å²) in [6, 6.07) is 7.43. The van der Waals surface area contributed by atoms with Crippen LogP contribution in [-0.2, 0) is 17.1 Å². The Kier molecular flexibility index (Phi) is 6.19. The van der Waals surface area contributed by atoms with Crippen LogP contribution in [0.5, 0.6) is 0 Å². The number of benzene rings is 1. The summed E-state index contributed by atoms with van der Waals surface area (Å²) in [6.07, 6.45) is 9.92. The van der Waals surface area contributed by atoms with E-state index in [2.05, 4.69) is 9.71 Å². The molecule has 0 spiro atoms. The Balaban J connectivity index is 1.53. The number of sulfonamides is 1. The van der Waals surface area contributed by atoms with Gasteiger partial charge in [-0.15, -0.1) is 0 Å². The van der Waals surface area contributed by atoms with Gasteiger partial charge < -0.3 is 4.57 Å². The second kappa shape index (κ2) is 8.38. The van der Waals surface area contributed by atoms with Crippen molar-refractivity contribution in [2.24, 2.45) is 7.05 Å². The summed E-state index contributed by atoms with van der Waals surface area (Å²) in [4.78, 5) is 4.55. The molecule has 25 heavy (non-hydrogen) atoms. The quantitative estimate of drug-likeness (QED) is 0.590. The molecular formula is C18H25N3O2S2. The molecule has 0 amide bonds. The van der Waals surface area contributed by atoms with Gasteiger partial charge in [-0.3, -0.25) is 0 Å². The Morgan fingerprint density at radius 3 is 2.56 bits per heavy atom. The topological polar surface area (TPSA) is 64.0 Å². The number of imidazole rings is 1. The van der Waals surface area contributed by atoms with Crippen LogP contribution in [0.3, 0.4) is 0 Å². The minimum absolute atomic E-state index is 0.342. The van der Waals surface area contributed by atoms with Crippen molar-refractivity contribution in [2.75, 3.05) is 12.3 Å². The summed E-state index contributed by atoms with van der Waals surface area (Å²) in [7, 11) is -1.53. The maximum Gasteiger partial charge on any atom is 0.240 e. The van der Waals surface area contributed by atoms with Crippen LogP contribution in [0, 0.1) is 0 Å². The largest absolute Gasteiger partial charge is 0.329 e. The number of thioether (sulfide) groups is 1. The second-order valence-corrected chi connectivity index (χ2v) is 9.30. The highest BCUT2D eigenvalue weighted by Crippen LogP contribution is 2.32. The van der Waals surface area contributed by atoms with E-state index >= 15 is 0 Å². The lowest BCUT2D eigenvalue weighted by atomic mass is 9.84. The van der Waals surface area contributed by atoms with Crippen LogP contribution in [0.2, 0.25) is 0 Å². The van der Waals surface area contributed by atoms with E-state index in [1.165, 1.54) is 49.4 Å².